The van der Waals surface area contributed by atoms with Crippen molar-refractivity contribution in [1.29, 1.82) is 0 Å². The summed E-state index contributed by atoms with van der Waals surface area (Å²) in [5.41, 5.74) is 4.11. The van der Waals surface area contributed by atoms with E-state index in [2.05, 4.69) is 10.7 Å². The number of nitrogens with zero attached hydrogens (tertiary/aromatic N) is 1. The van der Waals surface area contributed by atoms with Gasteiger partial charge in [0.15, 0.2) is 0 Å². The Morgan fingerprint density at radius 1 is 1.36 bits per heavy atom. The number of hydrogen-bond donors (Lipinski definition) is 1. The van der Waals surface area contributed by atoms with E-state index in [-0.39, 0.29) is 22.1 Å². The van der Waals surface area contributed by atoms with Crippen molar-refractivity contribution in [3.63, 3.8) is 0 Å². The van der Waals surface area contributed by atoms with Gasteiger partial charge in [-0.15, -0.1) is 11.8 Å². The second-order valence-electron chi connectivity index (χ2n) is 5.80. The highest BCUT2D eigenvalue weighted by molar-refractivity contribution is 8.02. The predicted octanol–water partition coefficient (Wildman–Crippen LogP) is 3.68. The molecule has 0 radical (unpaired) electrons. The van der Waals surface area contributed by atoms with Crippen molar-refractivity contribution in [3.05, 3.63) is 50.0 Å². The summed E-state index contributed by atoms with van der Waals surface area (Å²) in [4.78, 5) is 10.6. The first-order chi connectivity index (χ1) is 10.4. The van der Waals surface area contributed by atoms with E-state index in [0.717, 1.165) is 23.2 Å². The third-order valence-corrected chi connectivity index (χ3v) is 4.58. The number of nitro benzene ring substituents is 1. The van der Waals surface area contributed by atoms with Crippen LogP contribution in [-0.2, 0) is 11.2 Å². The average Bonchev–Trinajstić information content (AvgIpc) is 2.87. The molecule has 1 aromatic rings. The summed E-state index contributed by atoms with van der Waals surface area (Å²) < 4.78 is 5.59. The highest BCUT2D eigenvalue weighted by atomic mass is 32.2. The average molecular weight is 322 g/mol. The lowest BCUT2D eigenvalue weighted by atomic mass is 10.0. The number of thioether (sulfide) groups is 1. The first-order valence-electron chi connectivity index (χ1n) is 7.34. The standard InChI is InChI=1S/C16H22N2O3S/c1-10(2)21-8-14-9-22-16(17-14)7-13-5-12(4)15(18(19)20)6-11(13)3/h5-6,9-10,16-17H,7-8H2,1-4H3. The van der Waals surface area contributed by atoms with Gasteiger partial charge in [-0.25, -0.2) is 0 Å². The summed E-state index contributed by atoms with van der Waals surface area (Å²) in [5.74, 6) is 0. The van der Waals surface area contributed by atoms with Crippen LogP contribution in [-0.4, -0.2) is 23.0 Å². The van der Waals surface area contributed by atoms with Crippen molar-refractivity contribution >= 4 is 17.4 Å². The fourth-order valence-corrected chi connectivity index (χ4v) is 3.31. The predicted molar refractivity (Wildman–Crippen MR) is 90.0 cm³/mol. The number of hydrogen-bond acceptors (Lipinski definition) is 5. The molecule has 22 heavy (non-hydrogen) atoms. The Labute approximate surface area is 135 Å². The van der Waals surface area contributed by atoms with Gasteiger partial charge in [-0.3, -0.25) is 10.1 Å². The second-order valence-corrected chi connectivity index (χ2v) is 6.88. The van der Waals surface area contributed by atoms with Crippen molar-refractivity contribution in [1.82, 2.24) is 5.32 Å². The van der Waals surface area contributed by atoms with Crippen LogP contribution in [0.1, 0.15) is 30.5 Å². The van der Waals surface area contributed by atoms with E-state index in [9.17, 15) is 10.1 Å². The van der Waals surface area contributed by atoms with Gasteiger partial charge in [-0.1, -0.05) is 0 Å². The maximum Gasteiger partial charge on any atom is 0.272 e. The molecule has 0 aliphatic carbocycles. The molecular weight excluding hydrogens is 300 g/mol. The van der Waals surface area contributed by atoms with Crippen LogP contribution < -0.4 is 5.32 Å². The van der Waals surface area contributed by atoms with Crippen LogP contribution in [0.5, 0.6) is 0 Å². The fraction of sp³-hybridized carbons (Fsp3) is 0.500. The third-order valence-electron chi connectivity index (χ3n) is 3.55. The molecule has 1 aliphatic heterocycles. The van der Waals surface area contributed by atoms with Crippen LogP contribution in [0.15, 0.2) is 23.2 Å². The van der Waals surface area contributed by atoms with Gasteiger partial charge in [0.05, 0.1) is 23.0 Å². The molecule has 0 spiro atoms. The molecule has 1 aromatic carbocycles. The molecule has 0 saturated carbocycles. The summed E-state index contributed by atoms with van der Waals surface area (Å²) in [6.45, 7) is 8.35. The van der Waals surface area contributed by atoms with Gasteiger partial charge in [0.25, 0.3) is 5.69 Å². The number of benzene rings is 1. The Kier molecular flexibility index (Phi) is 5.47. The van der Waals surface area contributed by atoms with Gasteiger partial charge < -0.3 is 10.1 Å². The maximum absolute atomic E-state index is 11.0. The minimum atomic E-state index is -0.322. The quantitative estimate of drug-likeness (QED) is 0.639. The van der Waals surface area contributed by atoms with Crippen molar-refractivity contribution in [2.45, 2.75) is 45.6 Å². The summed E-state index contributed by atoms with van der Waals surface area (Å²) in [5, 5.41) is 16.8. The SMILES string of the molecule is Cc1cc([N+](=O)[O-])c(C)cc1CC1NC(COC(C)C)=CS1. The molecule has 1 unspecified atom stereocenters. The summed E-state index contributed by atoms with van der Waals surface area (Å²) in [6.07, 6.45) is 1.04. The topological polar surface area (TPSA) is 64.4 Å². The molecule has 0 fully saturated rings. The molecule has 1 aliphatic rings. The van der Waals surface area contributed by atoms with Crippen LogP contribution in [0, 0.1) is 24.0 Å². The highest BCUT2D eigenvalue weighted by Gasteiger charge is 2.20. The van der Waals surface area contributed by atoms with Gasteiger partial charge in [0.1, 0.15) is 0 Å². The first kappa shape index (κ1) is 16.8. The number of ether oxygens (including phenoxy) is 1. The smallest absolute Gasteiger partial charge is 0.272 e. The normalized spacial score (nSPS) is 17.5. The molecule has 1 N–H and O–H groups in total. The van der Waals surface area contributed by atoms with E-state index in [1.54, 1.807) is 24.8 Å². The van der Waals surface area contributed by atoms with Gasteiger partial charge in [0, 0.05) is 23.7 Å². The van der Waals surface area contributed by atoms with Crippen LogP contribution in [0.4, 0.5) is 5.69 Å². The number of rotatable bonds is 6. The third kappa shape index (κ3) is 4.24. The highest BCUT2D eigenvalue weighted by Crippen LogP contribution is 2.28. The Morgan fingerprint density at radius 2 is 2.09 bits per heavy atom. The van der Waals surface area contributed by atoms with Gasteiger partial charge in [-0.05, 0) is 50.3 Å². The van der Waals surface area contributed by atoms with E-state index in [4.69, 9.17) is 4.74 Å². The number of nitrogens with one attached hydrogen (secondary N) is 1. The fourth-order valence-electron chi connectivity index (χ4n) is 2.35. The van der Waals surface area contributed by atoms with Crippen LogP contribution >= 0.6 is 11.8 Å². The lowest BCUT2D eigenvalue weighted by Crippen LogP contribution is -2.25. The van der Waals surface area contributed by atoms with Crippen LogP contribution in [0.3, 0.4) is 0 Å². The van der Waals surface area contributed by atoms with E-state index in [1.807, 2.05) is 26.8 Å². The van der Waals surface area contributed by atoms with Crippen molar-refractivity contribution < 1.29 is 9.66 Å². The first-order valence-corrected chi connectivity index (χ1v) is 8.28. The van der Waals surface area contributed by atoms with E-state index < -0.39 is 0 Å². The maximum atomic E-state index is 11.0. The van der Waals surface area contributed by atoms with Crippen LogP contribution in [0.25, 0.3) is 0 Å². The molecule has 0 saturated heterocycles. The molecule has 6 heteroatoms. The minimum Gasteiger partial charge on any atom is -0.374 e. The number of nitro groups is 1. The molecule has 0 aromatic heterocycles. The summed E-state index contributed by atoms with van der Waals surface area (Å²) in [6, 6.07) is 3.60. The van der Waals surface area contributed by atoms with Gasteiger partial charge in [0.2, 0.25) is 0 Å². The summed E-state index contributed by atoms with van der Waals surface area (Å²) >= 11 is 1.74. The van der Waals surface area contributed by atoms with E-state index in [0.29, 0.717) is 12.2 Å². The molecule has 0 bridgehead atoms. The van der Waals surface area contributed by atoms with Gasteiger partial charge in [-0.2, -0.15) is 0 Å². The van der Waals surface area contributed by atoms with Crippen molar-refractivity contribution in [2.75, 3.05) is 6.61 Å². The van der Waals surface area contributed by atoms with Crippen LogP contribution in [0.2, 0.25) is 0 Å². The lowest BCUT2D eigenvalue weighted by molar-refractivity contribution is -0.385. The molecule has 5 nitrogen and oxygen atoms in total. The Bertz CT molecular complexity index is 599. The second kappa shape index (κ2) is 7.15. The zero-order valence-electron chi connectivity index (χ0n) is 13.4. The Hall–Kier alpha value is -1.53. The Morgan fingerprint density at radius 3 is 2.73 bits per heavy atom. The Balaban J connectivity index is 1.98. The lowest BCUT2D eigenvalue weighted by Gasteiger charge is -2.16. The molecule has 1 atom stereocenters. The molecule has 120 valence electrons. The zero-order chi connectivity index (χ0) is 16.3. The summed E-state index contributed by atoms with van der Waals surface area (Å²) in [7, 11) is 0. The minimum absolute atomic E-state index is 0.192. The van der Waals surface area contributed by atoms with Gasteiger partial charge >= 0.3 is 0 Å². The monoisotopic (exact) mass is 322 g/mol. The molecule has 1 heterocycles. The van der Waals surface area contributed by atoms with E-state index in [1.165, 1.54) is 0 Å². The van der Waals surface area contributed by atoms with Crippen molar-refractivity contribution in [2.24, 2.45) is 0 Å². The van der Waals surface area contributed by atoms with E-state index >= 15 is 0 Å². The number of aryl methyl sites for hydroxylation is 2. The molecule has 0 amide bonds. The largest absolute Gasteiger partial charge is 0.374 e. The van der Waals surface area contributed by atoms with Crippen molar-refractivity contribution in [3.8, 4) is 0 Å². The molecule has 2 rings (SSSR count). The zero-order valence-corrected chi connectivity index (χ0v) is 14.2. The molecular formula is C16H22N2O3S.